The van der Waals surface area contributed by atoms with E-state index in [1.165, 1.54) is 0 Å². The molecule has 2 rings (SSSR count). The second-order valence-corrected chi connectivity index (χ2v) is 4.67. The van der Waals surface area contributed by atoms with Crippen LogP contribution in [-0.4, -0.2) is 5.78 Å². The first-order chi connectivity index (χ1) is 8.61. The number of rotatable bonds is 2. The van der Waals surface area contributed by atoms with Crippen LogP contribution in [0.15, 0.2) is 46.9 Å². The number of benzene rings is 2. The molecule has 0 aliphatic heterocycles. The van der Waals surface area contributed by atoms with Crippen molar-refractivity contribution in [3.8, 4) is 6.07 Å². The highest BCUT2D eigenvalue weighted by Gasteiger charge is 2.13. The Morgan fingerprint density at radius 2 is 2.00 bits per heavy atom. The molecule has 0 aliphatic carbocycles. The third kappa shape index (κ3) is 2.41. The predicted octanol–water partition coefficient (Wildman–Crippen LogP) is 3.13. The third-order valence-electron chi connectivity index (χ3n) is 2.51. The summed E-state index contributed by atoms with van der Waals surface area (Å²) in [6, 6.07) is 13.7. The fourth-order valence-electron chi connectivity index (χ4n) is 1.61. The molecule has 18 heavy (non-hydrogen) atoms. The lowest BCUT2D eigenvalue weighted by Gasteiger charge is -2.05. The molecule has 0 amide bonds. The van der Waals surface area contributed by atoms with Crippen molar-refractivity contribution < 1.29 is 4.79 Å². The minimum Gasteiger partial charge on any atom is -0.398 e. The Balaban J connectivity index is 2.48. The molecule has 0 aliphatic rings. The van der Waals surface area contributed by atoms with Crippen LogP contribution in [0.1, 0.15) is 21.5 Å². The second kappa shape index (κ2) is 5.03. The summed E-state index contributed by atoms with van der Waals surface area (Å²) < 4.78 is 0.788. The van der Waals surface area contributed by atoms with Gasteiger partial charge in [-0.3, -0.25) is 4.79 Å². The highest BCUT2D eigenvalue weighted by molar-refractivity contribution is 9.10. The van der Waals surface area contributed by atoms with Gasteiger partial charge in [0.15, 0.2) is 5.78 Å². The minimum absolute atomic E-state index is 0.189. The van der Waals surface area contributed by atoms with E-state index in [1.54, 1.807) is 42.5 Å². The monoisotopic (exact) mass is 300 g/mol. The van der Waals surface area contributed by atoms with Crippen molar-refractivity contribution in [2.75, 3.05) is 5.73 Å². The molecule has 0 radical (unpaired) electrons. The molecule has 2 aromatic rings. The van der Waals surface area contributed by atoms with Gasteiger partial charge in [0.1, 0.15) is 0 Å². The molecule has 0 bridgehead atoms. The third-order valence-corrected chi connectivity index (χ3v) is 3.01. The van der Waals surface area contributed by atoms with Crippen LogP contribution in [0, 0.1) is 11.3 Å². The summed E-state index contributed by atoms with van der Waals surface area (Å²) in [6.45, 7) is 0. The number of nitriles is 1. The zero-order chi connectivity index (χ0) is 13.1. The summed E-state index contributed by atoms with van der Waals surface area (Å²) in [6.07, 6.45) is 0. The largest absolute Gasteiger partial charge is 0.398 e. The maximum atomic E-state index is 12.3. The van der Waals surface area contributed by atoms with E-state index in [0.29, 0.717) is 22.4 Å². The van der Waals surface area contributed by atoms with Gasteiger partial charge in [-0.05, 0) is 30.3 Å². The van der Waals surface area contributed by atoms with E-state index in [4.69, 9.17) is 11.0 Å². The average Bonchev–Trinajstić information content (AvgIpc) is 2.41. The highest BCUT2D eigenvalue weighted by Crippen LogP contribution is 2.21. The van der Waals surface area contributed by atoms with E-state index >= 15 is 0 Å². The number of nitrogens with zero attached hydrogens (tertiary/aromatic N) is 1. The molecule has 88 valence electrons. The number of carbonyl (C=O) groups excluding carboxylic acids is 1. The SMILES string of the molecule is N#Cc1cccc(C(=O)c2cc(Br)ccc2N)c1. The van der Waals surface area contributed by atoms with Gasteiger partial charge < -0.3 is 5.73 Å². The lowest BCUT2D eigenvalue weighted by Crippen LogP contribution is -2.05. The summed E-state index contributed by atoms with van der Waals surface area (Å²) in [5.41, 5.74) is 7.55. The lowest BCUT2D eigenvalue weighted by atomic mass is 10.0. The number of nitrogen functional groups attached to an aromatic ring is 1. The quantitative estimate of drug-likeness (QED) is 0.684. The van der Waals surface area contributed by atoms with Crippen LogP contribution in [0.2, 0.25) is 0 Å². The van der Waals surface area contributed by atoms with Crippen molar-refractivity contribution >= 4 is 27.4 Å². The minimum atomic E-state index is -0.189. The van der Waals surface area contributed by atoms with Gasteiger partial charge in [-0.25, -0.2) is 0 Å². The number of hydrogen-bond donors (Lipinski definition) is 1. The van der Waals surface area contributed by atoms with E-state index in [0.717, 1.165) is 4.47 Å². The Bertz CT molecular complexity index is 659. The molecule has 0 atom stereocenters. The molecule has 0 aromatic heterocycles. The van der Waals surface area contributed by atoms with Crippen molar-refractivity contribution in [1.82, 2.24) is 0 Å². The van der Waals surface area contributed by atoms with Crippen molar-refractivity contribution in [2.24, 2.45) is 0 Å². The first-order valence-electron chi connectivity index (χ1n) is 5.21. The van der Waals surface area contributed by atoms with Crippen LogP contribution >= 0.6 is 15.9 Å². The fourth-order valence-corrected chi connectivity index (χ4v) is 1.97. The summed E-state index contributed by atoms with van der Waals surface area (Å²) in [5, 5.41) is 8.82. The summed E-state index contributed by atoms with van der Waals surface area (Å²) >= 11 is 3.31. The van der Waals surface area contributed by atoms with Gasteiger partial charge in [0.25, 0.3) is 0 Å². The molecular formula is C14H9BrN2O. The maximum absolute atomic E-state index is 12.3. The zero-order valence-electron chi connectivity index (χ0n) is 9.35. The van der Waals surface area contributed by atoms with Crippen molar-refractivity contribution in [3.05, 3.63) is 63.6 Å². The Morgan fingerprint density at radius 3 is 2.72 bits per heavy atom. The van der Waals surface area contributed by atoms with Gasteiger partial charge in [0.05, 0.1) is 11.6 Å². The molecular weight excluding hydrogens is 292 g/mol. The average molecular weight is 301 g/mol. The van der Waals surface area contributed by atoms with Gasteiger partial charge in [-0.15, -0.1) is 0 Å². The topological polar surface area (TPSA) is 66.9 Å². The standard InChI is InChI=1S/C14H9BrN2O/c15-11-4-5-13(17)12(7-11)14(18)10-3-1-2-9(6-10)8-16/h1-7H,17H2. The van der Waals surface area contributed by atoms with E-state index < -0.39 is 0 Å². The first kappa shape index (κ1) is 12.3. The van der Waals surface area contributed by atoms with E-state index in [1.807, 2.05) is 6.07 Å². The lowest BCUT2D eigenvalue weighted by molar-refractivity contribution is 0.103. The molecule has 0 saturated heterocycles. The zero-order valence-corrected chi connectivity index (χ0v) is 10.9. The van der Waals surface area contributed by atoms with Gasteiger partial charge in [-0.2, -0.15) is 5.26 Å². The predicted molar refractivity (Wildman–Crippen MR) is 73.1 cm³/mol. The van der Waals surface area contributed by atoms with Gasteiger partial charge in [0, 0.05) is 21.3 Å². The molecule has 2 aromatic carbocycles. The molecule has 0 heterocycles. The number of halogens is 1. The number of anilines is 1. The Kier molecular flexibility index (Phi) is 3.45. The fraction of sp³-hybridized carbons (Fsp3) is 0. The summed E-state index contributed by atoms with van der Waals surface area (Å²) in [4.78, 5) is 12.3. The van der Waals surface area contributed by atoms with Crippen molar-refractivity contribution in [3.63, 3.8) is 0 Å². The second-order valence-electron chi connectivity index (χ2n) is 3.75. The van der Waals surface area contributed by atoms with Crippen LogP contribution in [0.3, 0.4) is 0 Å². The smallest absolute Gasteiger partial charge is 0.195 e. The summed E-state index contributed by atoms with van der Waals surface area (Å²) in [5.74, 6) is -0.189. The number of carbonyl (C=O) groups is 1. The van der Waals surface area contributed by atoms with Gasteiger partial charge in [0.2, 0.25) is 0 Å². The first-order valence-corrected chi connectivity index (χ1v) is 6.01. The molecule has 0 unspecified atom stereocenters. The van der Waals surface area contributed by atoms with Crippen LogP contribution in [0.5, 0.6) is 0 Å². The molecule has 0 spiro atoms. The highest BCUT2D eigenvalue weighted by atomic mass is 79.9. The summed E-state index contributed by atoms with van der Waals surface area (Å²) in [7, 11) is 0. The Labute approximate surface area is 113 Å². The van der Waals surface area contributed by atoms with Crippen LogP contribution in [-0.2, 0) is 0 Å². The normalized spacial score (nSPS) is 9.78. The maximum Gasteiger partial charge on any atom is 0.195 e. The number of ketones is 1. The molecule has 4 heteroatoms. The van der Waals surface area contributed by atoms with Crippen LogP contribution < -0.4 is 5.73 Å². The van der Waals surface area contributed by atoms with Crippen LogP contribution in [0.25, 0.3) is 0 Å². The van der Waals surface area contributed by atoms with E-state index in [2.05, 4.69) is 15.9 Å². The van der Waals surface area contributed by atoms with Crippen LogP contribution in [0.4, 0.5) is 5.69 Å². The van der Waals surface area contributed by atoms with Crippen molar-refractivity contribution in [1.29, 1.82) is 5.26 Å². The number of nitrogens with two attached hydrogens (primary N) is 1. The van der Waals surface area contributed by atoms with E-state index in [-0.39, 0.29) is 5.78 Å². The Morgan fingerprint density at radius 1 is 1.22 bits per heavy atom. The van der Waals surface area contributed by atoms with Gasteiger partial charge >= 0.3 is 0 Å². The molecule has 3 nitrogen and oxygen atoms in total. The number of hydrogen-bond acceptors (Lipinski definition) is 3. The molecule has 0 saturated carbocycles. The Hall–Kier alpha value is -2.12. The molecule has 2 N–H and O–H groups in total. The molecule has 0 fully saturated rings. The van der Waals surface area contributed by atoms with E-state index in [9.17, 15) is 4.79 Å². The van der Waals surface area contributed by atoms with Crippen molar-refractivity contribution in [2.45, 2.75) is 0 Å². The van der Waals surface area contributed by atoms with Gasteiger partial charge in [-0.1, -0.05) is 28.1 Å².